The van der Waals surface area contributed by atoms with Crippen molar-refractivity contribution in [2.75, 3.05) is 14.2 Å². The van der Waals surface area contributed by atoms with Gasteiger partial charge in [-0.25, -0.2) is 4.98 Å². The van der Waals surface area contributed by atoms with Crippen molar-refractivity contribution in [1.82, 2.24) is 20.4 Å². The number of ether oxygens (including phenoxy) is 3. The molecule has 0 aliphatic rings. The number of nitrogens with zero attached hydrogens (tertiary/aromatic N) is 3. The Morgan fingerprint density at radius 2 is 1.83 bits per heavy atom. The molecule has 1 atom stereocenters. The molecule has 3 rings (SSSR count). The van der Waals surface area contributed by atoms with E-state index >= 15 is 0 Å². The monoisotopic (exact) mass is 412 g/mol. The lowest BCUT2D eigenvalue weighted by atomic mass is 10.2. The molecule has 0 aliphatic heterocycles. The third kappa shape index (κ3) is 4.54. The zero-order valence-corrected chi connectivity index (χ0v) is 16.8. The number of amides is 1. The van der Waals surface area contributed by atoms with Crippen LogP contribution in [0.3, 0.4) is 0 Å². The van der Waals surface area contributed by atoms with Crippen molar-refractivity contribution in [2.45, 2.75) is 19.9 Å². The lowest BCUT2D eigenvalue weighted by molar-refractivity contribution is -0.132. The SMILES string of the molecule is COc1ccc(-c2nc([C@H](C)NC(=O)c3nccc(OC)c3OC(C)=O)no2)cc1. The van der Waals surface area contributed by atoms with Gasteiger partial charge in [0.25, 0.3) is 11.8 Å². The average molecular weight is 412 g/mol. The van der Waals surface area contributed by atoms with Crippen LogP contribution in [0.15, 0.2) is 41.1 Å². The van der Waals surface area contributed by atoms with Crippen LogP contribution in [0.5, 0.6) is 17.2 Å². The molecule has 0 saturated heterocycles. The number of nitrogens with one attached hydrogen (secondary N) is 1. The quantitative estimate of drug-likeness (QED) is 0.583. The van der Waals surface area contributed by atoms with Crippen molar-refractivity contribution >= 4 is 11.9 Å². The molecule has 156 valence electrons. The third-order valence-corrected chi connectivity index (χ3v) is 4.06. The van der Waals surface area contributed by atoms with E-state index < -0.39 is 17.9 Å². The van der Waals surface area contributed by atoms with Gasteiger partial charge in [0.15, 0.2) is 17.3 Å². The van der Waals surface area contributed by atoms with E-state index in [1.165, 1.54) is 26.3 Å². The predicted molar refractivity (Wildman–Crippen MR) is 104 cm³/mol. The second kappa shape index (κ2) is 9.03. The van der Waals surface area contributed by atoms with E-state index in [4.69, 9.17) is 18.7 Å². The van der Waals surface area contributed by atoms with Crippen LogP contribution in [0.2, 0.25) is 0 Å². The van der Waals surface area contributed by atoms with Crippen LogP contribution in [0.4, 0.5) is 0 Å². The summed E-state index contributed by atoms with van der Waals surface area (Å²) < 4.78 is 20.7. The molecule has 10 nitrogen and oxygen atoms in total. The van der Waals surface area contributed by atoms with E-state index in [0.717, 1.165) is 0 Å². The Balaban J connectivity index is 1.78. The van der Waals surface area contributed by atoms with Gasteiger partial charge in [0.05, 0.1) is 20.3 Å². The first kappa shape index (κ1) is 20.8. The van der Waals surface area contributed by atoms with Crippen LogP contribution in [0, 0.1) is 0 Å². The summed E-state index contributed by atoms with van der Waals surface area (Å²) >= 11 is 0. The van der Waals surface area contributed by atoms with Gasteiger partial charge in [-0.1, -0.05) is 5.16 Å². The highest BCUT2D eigenvalue weighted by molar-refractivity contribution is 5.96. The lowest BCUT2D eigenvalue weighted by Crippen LogP contribution is -2.29. The molecule has 1 amide bonds. The van der Waals surface area contributed by atoms with Crippen LogP contribution < -0.4 is 19.5 Å². The largest absolute Gasteiger partial charge is 0.497 e. The maximum Gasteiger partial charge on any atom is 0.308 e. The summed E-state index contributed by atoms with van der Waals surface area (Å²) in [4.78, 5) is 32.5. The number of carbonyl (C=O) groups excluding carboxylic acids is 2. The molecule has 0 spiro atoms. The van der Waals surface area contributed by atoms with E-state index in [1.807, 2.05) is 0 Å². The summed E-state index contributed by atoms with van der Waals surface area (Å²) in [7, 11) is 2.97. The second-order valence-electron chi connectivity index (χ2n) is 6.17. The van der Waals surface area contributed by atoms with Crippen LogP contribution >= 0.6 is 0 Å². The standard InChI is InChI=1S/C20H20N4O6/c1-11(18-23-20(30-24-18)13-5-7-14(27-3)8-6-13)22-19(26)16-17(29-12(2)25)15(28-4)9-10-21-16/h5-11H,1-4H3,(H,22,26)/t11-/m0/s1. The van der Waals surface area contributed by atoms with Gasteiger partial charge < -0.3 is 24.1 Å². The number of aromatic nitrogens is 3. The number of rotatable bonds is 7. The van der Waals surface area contributed by atoms with Gasteiger partial charge in [-0.05, 0) is 31.2 Å². The van der Waals surface area contributed by atoms with E-state index in [1.54, 1.807) is 38.3 Å². The number of hydrogen-bond acceptors (Lipinski definition) is 9. The van der Waals surface area contributed by atoms with Gasteiger partial charge in [-0.3, -0.25) is 9.59 Å². The molecule has 0 bridgehead atoms. The molecule has 3 aromatic rings. The Morgan fingerprint density at radius 3 is 2.47 bits per heavy atom. The normalized spacial score (nSPS) is 11.5. The molecular weight excluding hydrogens is 392 g/mol. The minimum atomic E-state index is -0.606. The number of esters is 1. The molecular formula is C20H20N4O6. The first-order valence-corrected chi connectivity index (χ1v) is 8.93. The molecule has 0 saturated carbocycles. The van der Waals surface area contributed by atoms with E-state index in [0.29, 0.717) is 17.2 Å². The first-order valence-electron chi connectivity index (χ1n) is 8.93. The molecule has 2 aromatic heterocycles. The van der Waals surface area contributed by atoms with Crippen molar-refractivity contribution in [3.8, 4) is 28.7 Å². The summed E-state index contributed by atoms with van der Waals surface area (Å²) in [5.41, 5.74) is 0.606. The molecule has 1 N–H and O–H groups in total. The average Bonchev–Trinajstić information content (AvgIpc) is 3.24. The fourth-order valence-corrected chi connectivity index (χ4v) is 2.59. The molecule has 30 heavy (non-hydrogen) atoms. The highest BCUT2D eigenvalue weighted by Crippen LogP contribution is 2.30. The first-order chi connectivity index (χ1) is 14.4. The highest BCUT2D eigenvalue weighted by Gasteiger charge is 2.24. The van der Waals surface area contributed by atoms with Gasteiger partial charge in [-0.2, -0.15) is 4.98 Å². The maximum absolute atomic E-state index is 12.7. The van der Waals surface area contributed by atoms with Crippen LogP contribution in [-0.4, -0.2) is 41.2 Å². The fraction of sp³-hybridized carbons (Fsp3) is 0.250. The molecule has 0 radical (unpaired) electrons. The molecule has 0 aliphatic carbocycles. The summed E-state index contributed by atoms with van der Waals surface area (Å²) in [6, 6.07) is 7.99. The lowest BCUT2D eigenvalue weighted by Gasteiger charge is -2.14. The highest BCUT2D eigenvalue weighted by atomic mass is 16.6. The molecule has 1 aromatic carbocycles. The van der Waals surface area contributed by atoms with Crippen LogP contribution in [-0.2, 0) is 4.79 Å². The van der Waals surface area contributed by atoms with Gasteiger partial charge in [0.2, 0.25) is 5.75 Å². The minimum Gasteiger partial charge on any atom is -0.497 e. The summed E-state index contributed by atoms with van der Waals surface area (Å²) in [6.45, 7) is 2.91. The number of carbonyl (C=O) groups is 2. The smallest absolute Gasteiger partial charge is 0.308 e. The Labute approximate surface area is 172 Å². The Morgan fingerprint density at radius 1 is 1.10 bits per heavy atom. The van der Waals surface area contributed by atoms with Crippen molar-refractivity contribution in [2.24, 2.45) is 0 Å². The third-order valence-electron chi connectivity index (χ3n) is 4.06. The zero-order chi connectivity index (χ0) is 21.7. The minimum absolute atomic E-state index is 0.0655. The van der Waals surface area contributed by atoms with Gasteiger partial charge >= 0.3 is 5.97 Å². The summed E-state index contributed by atoms with van der Waals surface area (Å²) in [6.07, 6.45) is 1.38. The van der Waals surface area contributed by atoms with E-state index in [2.05, 4.69) is 20.4 Å². The van der Waals surface area contributed by atoms with Crippen molar-refractivity contribution in [3.63, 3.8) is 0 Å². The number of methoxy groups -OCH3 is 2. The van der Waals surface area contributed by atoms with Crippen LogP contribution in [0.25, 0.3) is 11.5 Å². The Kier molecular flexibility index (Phi) is 6.26. The number of benzene rings is 1. The fourth-order valence-electron chi connectivity index (χ4n) is 2.59. The van der Waals surface area contributed by atoms with Crippen molar-refractivity contribution in [1.29, 1.82) is 0 Å². The maximum atomic E-state index is 12.7. The Bertz CT molecular complexity index is 1050. The number of pyridine rings is 1. The number of hydrogen-bond donors (Lipinski definition) is 1. The predicted octanol–water partition coefficient (Wildman–Crippen LogP) is 2.57. The Hall–Kier alpha value is -3.95. The topological polar surface area (TPSA) is 126 Å². The van der Waals surface area contributed by atoms with Crippen LogP contribution in [0.1, 0.15) is 36.2 Å². The summed E-state index contributed by atoms with van der Waals surface area (Å²) in [5, 5.41) is 6.63. The van der Waals surface area contributed by atoms with Gasteiger partial charge in [0.1, 0.15) is 5.75 Å². The molecule has 0 fully saturated rings. The second-order valence-corrected chi connectivity index (χ2v) is 6.17. The molecule has 10 heteroatoms. The van der Waals surface area contributed by atoms with Gasteiger partial charge in [-0.15, -0.1) is 0 Å². The molecule has 2 heterocycles. The molecule has 0 unspecified atom stereocenters. The summed E-state index contributed by atoms with van der Waals surface area (Å²) in [5.74, 6) is 0.219. The van der Waals surface area contributed by atoms with Crippen molar-refractivity contribution < 1.29 is 28.3 Å². The van der Waals surface area contributed by atoms with E-state index in [9.17, 15) is 9.59 Å². The van der Waals surface area contributed by atoms with Crippen molar-refractivity contribution in [3.05, 3.63) is 48.0 Å². The van der Waals surface area contributed by atoms with E-state index in [-0.39, 0.29) is 23.0 Å². The zero-order valence-electron chi connectivity index (χ0n) is 16.8. The van der Waals surface area contributed by atoms with Gasteiger partial charge in [0, 0.05) is 24.8 Å².